The lowest BCUT2D eigenvalue weighted by Gasteiger charge is -2.24. The van der Waals surface area contributed by atoms with Gasteiger partial charge in [0.1, 0.15) is 0 Å². The minimum absolute atomic E-state index is 0.0347. The molecule has 2 rings (SSSR count). The molecule has 0 aliphatic carbocycles. The Morgan fingerprint density at radius 2 is 1.69 bits per heavy atom. The van der Waals surface area contributed by atoms with Crippen molar-refractivity contribution in [3.63, 3.8) is 0 Å². The molecule has 4 heteroatoms. The van der Waals surface area contributed by atoms with Gasteiger partial charge in [0.2, 0.25) is 0 Å². The summed E-state index contributed by atoms with van der Waals surface area (Å²) in [6.45, 7) is 11.5. The zero-order valence-corrected chi connectivity index (χ0v) is 19.1. The second-order valence-corrected chi connectivity index (χ2v) is 8.75. The molecule has 1 atom stereocenters. The van der Waals surface area contributed by atoms with E-state index in [0.717, 1.165) is 58.0 Å². The van der Waals surface area contributed by atoms with Crippen LogP contribution in [0.1, 0.15) is 85.5 Å². The fourth-order valence-corrected chi connectivity index (χ4v) is 3.71. The molecule has 0 saturated carbocycles. The monoisotopic (exact) mass is 406 g/mol. The van der Waals surface area contributed by atoms with E-state index < -0.39 is 5.79 Å². The van der Waals surface area contributed by atoms with E-state index in [2.05, 4.69) is 39.0 Å². The van der Waals surface area contributed by atoms with E-state index >= 15 is 0 Å². The molecule has 0 aromatic heterocycles. The highest BCUT2D eigenvalue weighted by Crippen LogP contribution is 2.25. The Morgan fingerprint density at radius 3 is 2.38 bits per heavy atom. The molecule has 0 amide bonds. The Hall–Kier alpha value is -0.940. The zero-order chi connectivity index (χ0) is 21.0. The number of hydrogen-bond acceptors (Lipinski definition) is 4. The highest BCUT2D eigenvalue weighted by molar-refractivity contribution is 5.07. The number of rotatable bonds is 12. The van der Waals surface area contributed by atoms with Gasteiger partial charge in [-0.1, -0.05) is 29.4 Å². The van der Waals surface area contributed by atoms with Gasteiger partial charge in [0.25, 0.3) is 0 Å². The van der Waals surface area contributed by atoms with Crippen molar-refractivity contribution in [2.45, 2.75) is 97.6 Å². The van der Waals surface area contributed by atoms with Crippen LogP contribution >= 0.6 is 0 Å². The lowest BCUT2D eigenvalue weighted by Crippen LogP contribution is -2.25. The van der Waals surface area contributed by atoms with Crippen LogP contribution in [0.3, 0.4) is 0 Å². The maximum atomic E-state index is 6.06. The Kier molecular flexibility index (Phi) is 11.2. The van der Waals surface area contributed by atoms with Crippen LogP contribution in [-0.2, 0) is 18.9 Å². The SMILES string of the molecule is CC(C)=CCC/C(C)=C/CC/C(=C/CCC1(C)OCCO1)COC1CCCCO1. The minimum Gasteiger partial charge on any atom is -0.353 e. The van der Waals surface area contributed by atoms with Crippen molar-refractivity contribution in [2.75, 3.05) is 26.4 Å². The van der Waals surface area contributed by atoms with Gasteiger partial charge in [-0.2, -0.15) is 0 Å². The van der Waals surface area contributed by atoms with Crippen LogP contribution in [-0.4, -0.2) is 38.5 Å². The van der Waals surface area contributed by atoms with Crippen molar-refractivity contribution >= 4 is 0 Å². The number of hydrogen-bond donors (Lipinski definition) is 0. The summed E-state index contributed by atoms with van der Waals surface area (Å²) in [7, 11) is 0. The summed E-state index contributed by atoms with van der Waals surface area (Å²) < 4.78 is 23.2. The summed E-state index contributed by atoms with van der Waals surface area (Å²) in [6, 6.07) is 0. The summed E-state index contributed by atoms with van der Waals surface area (Å²) in [5, 5.41) is 0. The van der Waals surface area contributed by atoms with Crippen LogP contribution < -0.4 is 0 Å². The fourth-order valence-electron chi connectivity index (χ4n) is 3.71. The first kappa shape index (κ1) is 24.3. The Bertz CT molecular complexity index is 545. The third kappa shape index (κ3) is 10.6. The molecule has 2 aliphatic rings. The van der Waals surface area contributed by atoms with Gasteiger partial charge in [0, 0.05) is 13.0 Å². The van der Waals surface area contributed by atoms with E-state index in [9.17, 15) is 0 Å². The zero-order valence-electron chi connectivity index (χ0n) is 19.1. The predicted octanol–water partition coefficient (Wildman–Crippen LogP) is 6.47. The lowest BCUT2D eigenvalue weighted by molar-refractivity contribution is -0.157. The number of allylic oxidation sites excluding steroid dienone is 5. The lowest BCUT2D eigenvalue weighted by atomic mass is 10.0. The molecule has 2 heterocycles. The van der Waals surface area contributed by atoms with Gasteiger partial charge in [-0.3, -0.25) is 0 Å². The highest BCUT2D eigenvalue weighted by Gasteiger charge is 2.29. The van der Waals surface area contributed by atoms with Gasteiger partial charge in [0.15, 0.2) is 12.1 Å². The molecule has 166 valence electrons. The van der Waals surface area contributed by atoms with Gasteiger partial charge in [-0.05, 0) is 84.6 Å². The van der Waals surface area contributed by atoms with Gasteiger partial charge in [-0.15, -0.1) is 0 Å². The van der Waals surface area contributed by atoms with Crippen LogP contribution in [0, 0.1) is 0 Å². The van der Waals surface area contributed by atoms with Crippen LogP contribution in [0.5, 0.6) is 0 Å². The van der Waals surface area contributed by atoms with E-state index in [1.165, 1.54) is 23.1 Å². The second-order valence-electron chi connectivity index (χ2n) is 8.75. The summed E-state index contributed by atoms with van der Waals surface area (Å²) >= 11 is 0. The van der Waals surface area contributed by atoms with E-state index in [4.69, 9.17) is 18.9 Å². The van der Waals surface area contributed by atoms with Gasteiger partial charge in [0.05, 0.1) is 19.8 Å². The van der Waals surface area contributed by atoms with E-state index in [1.807, 2.05) is 6.92 Å². The largest absolute Gasteiger partial charge is 0.353 e. The average molecular weight is 407 g/mol. The molecule has 0 aromatic rings. The van der Waals surface area contributed by atoms with E-state index in [0.29, 0.717) is 19.8 Å². The molecule has 4 nitrogen and oxygen atoms in total. The van der Waals surface area contributed by atoms with Crippen molar-refractivity contribution < 1.29 is 18.9 Å². The smallest absolute Gasteiger partial charge is 0.166 e. The van der Waals surface area contributed by atoms with Crippen molar-refractivity contribution in [1.82, 2.24) is 0 Å². The third-order valence-electron chi connectivity index (χ3n) is 5.57. The van der Waals surface area contributed by atoms with Crippen molar-refractivity contribution in [1.29, 1.82) is 0 Å². The van der Waals surface area contributed by atoms with Crippen molar-refractivity contribution in [3.05, 3.63) is 34.9 Å². The van der Waals surface area contributed by atoms with E-state index in [1.54, 1.807) is 0 Å². The first-order valence-corrected chi connectivity index (χ1v) is 11.4. The molecule has 2 saturated heterocycles. The third-order valence-corrected chi connectivity index (χ3v) is 5.57. The van der Waals surface area contributed by atoms with Crippen molar-refractivity contribution in [3.8, 4) is 0 Å². The second kappa shape index (κ2) is 13.4. The Morgan fingerprint density at radius 1 is 0.931 bits per heavy atom. The maximum Gasteiger partial charge on any atom is 0.166 e. The highest BCUT2D eigenvalue weighted by atomic mass is 16.7. The number of ether oxygens (including phenoxy) is 4. The van der Waals surface area contributed by atoms with Gasteiger partial charge in [-0.25, -0.2) is 0 Å². The first-order valence-electron chi connectivity index (χ1n) is 11.4. The maximum absolute atomic E-state index is 6.06. The van der Waals surface area contributed by atoms with Crippen LogP contribution in [0.2, 0.25) is 0 Å². The molecule has 29 heavy (non-hydrogen) atoms. The molecule has 0 radical (unpaired) electrons. The normalized spacial score (nSPS) is 22.7. The molecule has 0 spiro atoms. The molecule has 1 unspecified atom stereocenters. The summed E-state index contributed by atoms with van der Waals surface area (Å²) in [4.78, 5) is 0. The summed E-state index contributed by atoms with van der Waals surface area (Å²) in [5.74, 6) is -0.420. The molecule has 2 aliphatic heterocycles. The van der Waals surface area contributed by atoms with Gasteiger partial charge >= 0.3 is 0 Å². The molecular weight excluding hydrogens is 364 g/mol. The van der Waals surface area contributed by atoms with Crippen LogP contribution in [0.25, 0.3) is 0 Å². The molecule has 0 bridgehead atoms. The molecular formula is C25H42O4. The van der Waals surface area contributed by atoms with Crippen LogP contribution in [0.4, 0.5) is 0 Å². The van der Waals surface area contributed by atoms with E-state index in [-0.39, 0.29) is 6.29 Å². The summed E-state index contributed by atoms with van der Waals surface area (Å²) in [6.07, 6.45) is 16.5. The topological polar surface area (TPSA) is 36.9 Å². The van der Waals surface area contributed by atoms with Crippen molar-refractivity contribution in [2.24, 2.45) is 0 Å². The Labute approximate surface area is 178 Å². The Balaban J connectivity index is 1.81. The fraction of sp³-hybridized carbons (Fsp3) is 0.760. The molecule has 0 aromatic carbocycles. The quantitative estimate of drug-likeness (QED) is 0.348. The van der Waals surface area contributed by atoms with Gasteiger partial charge < -0.3 is 18.9 Å². The van der Waals surface area contributed by atoms with Crippen LogP contribution in [0.15, 0.2) is 34.9 Å². The molecule has 2 fully saturated rings. The standard InChI is InChI=1S/C25H42O4/c1-21(2)10-7-11-22(3)12-8-13-23(20-27-24-15-5-6-17-26-24)14-9-16-25(4)28-18-19-29-25/h10,12,14,24H,5-9,11,13,15-20H2,1-4H3/b22-12+,23-14-. The molecule has 0 N–H and O–H groups in total. The first-order chi connectivity index (χ1) is 14.0. The minimum atomic E-state index is -0.420. The average Bonchev–Trinajstić information content (AvgIpc) is 3.12. The predicted molar refractivity (Wildman–Crippen MR) is 119 cm³/mol. The summed E-state index contributed by atoms with van der Waals surface area (Å²) in [5.41, 5.74) is 4.22.